The molecular formula is C21H23N5O2S. The summed E-state index contributed by atoms with van der Waals surface area (Å²) in [4.78, 5) is 16.9. The zero-order valence-electron chi connectivity index (χ0n) is 16.2. The Balaban J connectivity index is 1.23. The molecule has 5 heterocycles. The van der Waals surface area contributed by atoms with E-state index < -0.39 is 0 Å². The summed E-state index contributed by atoms with van der Waals surface area (Å²) in [5.41, 5.74) is 1.83. The van der Waals surface area contributed by atoms with Crippen LogP contribution in [0.4, 0.5) is 10.9 Å². The molecule has 0 radical (unpaired) electrons. The van der Waals surface area contributed by atoms with Gasteiger partial charge < -0.3 is 14.8 Å². The third-order valence-corrected chi connectivity index (χ3v) is 6.12. The van der Waals surface area contributed by atoms with Gasteiger partial charge in [0.2, 0.25) is 0 Å². The van der Waals surface area contributed by atoms with Crippen molar-refractivity contribution < 1.29 is 9.47 Å². The van der Waals surface area contributed by atoms with Crippen LogP contribution in [0.25, 0.3) is 10.6 Å². The maximum absolute atomic E-state index is 6.18. The Morgan fingerprint density at radius 3 is 2.97 bits per heavy atom. The molecule has 5 rings (SSSR count). The lowest BCUT2D eigenvalue weighted by atomic mass is 10.1. The first kappa shape index (κ1) is 18.5. The summed E-state index contributed by atoms with van der Waals surface area (Å²) < 4.78 is 11.7. The van der Waals surface area contributed by atoms with E-state index in [1.54, 1.807) is 17.5 Å². The quantitative estimate of drug-likeness (QED) is 0.668. The molecule has 3 aromatic rings. The van der Waals surface area contributed by atoms with Crippen molar-refractivity contribution in [1.29, 1.82) is 0 Å². The molecule has 0 aliphatic carbocycles. The molecule has 29 heavy (non-hydrogen) atoms. The number of hydrogen-bond donors (Lipinski definition) is 1. The maximum atomic E-state index is 6.18. The molecule has 0 amide bonds. The number of nitrogens with zero attached hydrogens (tertiary/aromatic N) is 4. The molecule has 1 unspecified atom stereocenters. The van der Waals surface area contributed by atoms with Gasteiger partial charge in [0.1, 0.15) is 17.7 Å². The number of nitrogens with one attached hydrogen (secondary N) is 1. The first-order valence-corrected chi connectivity index (χ1v) is 10.7. The summed E-state index contributed by atoms with van der Waals surface area (Å²) in [6.07, 6.45) is 4.97. The Hall–Kier alpha value is -2.55. The van der Waals surface area contributed by atoms with E-state index in [-0.39, 0.29) is 6.10 Å². The van der Waals surface area contributed by atoms with Gasteiger partial charge in [-0.25, -0.2) is 9.97 Å². The van der Waals surface area contributed by atoms with Crippen LogP contribution < -0.4 is 10.1 Å². The van der Waals surface area contributed by atoms with E-state index in [9.17, 15) is 0 Å². The largest absolute Gasteiger partial charge is 0.488 e. The van der Waals surface area contributed by atoms with Crippen molar-refractivity contribution in [2.45, 2.75) is 25.5 Å². The van der Waals surface area contributed by atoms with Crippen LogP contribution in [0.3, 0.4) is 0 Å². The number of aryl methyl sites for hydroxylation is 1. The molecule has 0 spiro atoms. The van der Waals surface area contributed by atoms with Crippen LogP contribution in [0.15, 0.2) is 42.7 Å². The Morgan fingerprint density at radius 2 is 2.17 bits per heavy atom. The molecule has 2 aliphatic heterocycles. The van der Waals surface area contributed by atoms with Crippen molar-refractivity contribution in [2.75, 3.05) is 31.6 Å². The normalized spacial score (nSPS) is 19.8. The minimum atomic E-state index is 0.223. The van der Waals surface area contributed by atoms with E-state index in [1.165, 1.54) is 0 Å². The van der Waals surface area contributed by atoms with Gasteiger partial charge in [0.05, 0.1) is 17.2 Å². The molecule has 2 fully saturated rings. The summed E-state index contributed by atoms with van der Waals surface area (Å²) in [5, 5.41) is 4.08. The average molecular weight is 410 g/mol. The predicted molar refractivity (Wildman–Crippen MR) is 113 cm³/mol. The molecule has 1 atom stereocenters. The fourth-order valence-electron chi connectivity index (χ4n) is 3.68. The van der Waals surface area contributed by atoms with Gasteiger partial charge in [-0.2, -0.15) is 0 Å². The Kier molecular flexibility index (Phi) is 5.13. The molecular weight excluding hydrogens is 386 g/mol. The van der Waals surface area contributed by atoms with E-state index >= 15 is 0 Å². The van der Waals surface area contributed by atoms with E-state index in [4.69, 9.17) is 9.47 Å². The Morgan fingerprint density at radius 1 is 1.24 bits per heavy atom. The van der Waals surface area contributed by atoms with Crippen LogP contribution in [0, 0.1) is 6.92 Å². The average Bonchev–Trinajstić information content (AvgIpc) is 3.37. The lowest BCUT2D eigenvalue weighted by Crippen LogP contribution is -2.57. The van der Waals surface area contributed by atoms with Crippen molar-refractivity contribution in [1.82, 2.24) is 19.9 Å². The van der Waals surface area contributed by atoms with Gasteiger partial charge in [-0.1, -0.05) is 17.4 Å². The molecule has 150 valence electrons. The molecule has 0 saturated carbocycles. The second kappa shape index (κ2) is 8.06. The molecule has 0 aromatic carbocycles. The highest BCUT2D eigenvalue weighted by Gasteiger charge is 2.35. The van der Waals surface area contributed by atoms with Gasteiger partial charge in [0.25, 0.3) is 0 Å². The van der Waals surface area contributed by atoms with Crippen LogP contribution in [0.5, 0.6) is 5.75 Å². The summed E-state index contributed by atoms with van der Waals surface area (Å²) >= 11 is 1.55. The highest BCUT2D eigenvalue weighted by molar-refractivity contribution is 7.18. The second-order valence-electron chi connectivity index (χ2n) is 7.41. The number of anilines is 2. The molecule has 0 bridgehead atoms. The number of pyridine rings is 2. The number of aromatic nitrogens is 3. The number of hydrogen-bond acceptors (Lipinski definition) is 8. The van der Waals surface area contributed by atoms with E-state index in [0.717, 1.165) is 65.7 Å². The van der Waals surface area contributed by atoms with Crippen LogP contribution in [0.1, 0.15) is 12.1 Å². The first-order valence-electron chi connectivity index (χ1n) is 9.84. The van der Waals surface area contributed by atoms with Gasteiger partial charge >= 0.3 is 0 Å². The third kappa shape index (κ3) is 4.24. The van der Waals surface area contributed by atoms with Crippen molar-refractivity contribution in [3.05, 3.63) is 48.4 Å². The summed E-state index contributed by atoms with van der Waals surface area (Å²) in [6, 6.07) is 10.3. The first-order chi connectivity index (χ1) is 14.2. The number of thiazole rings is 1. The van der Waals surface area contributed by atoms with Gasteiger partial charge in [-0.3, -0.25) is 9.88 Å². The second-order valence-corrected chi connectivity index (χ2v) is 8.44. The summed E-state index contributed by atoms with van der Waals surface area (Å²) in [7, 11) is 0. The highest BCUT2D eigenvalue weighted by Crippen LogP contribution is 2.30. The SMILES string of the molecule is Cc1cc(OC2CN(C3CCOC3)C2)cc(Nc2ncc(-c3ccccn3)s2)n1. The van der Waals surface area contributed by atoms with Gasteiger partial charge in [-0.15, -0.1) is 0 Å². The third-order valence-electron chi connectivity index (χ3n) is 5.19. The fraction of sp³-hybridized carbons (Fsp3) is 0.381. The van der Waals surface area contributed by atoms with Gasteiger partial charge in [-0.05, 0) is 25.5 Å². The smallest absolute Gasteiger partial charge is 0.188 e. The fourth-order valence-corrected chi connectivity index (χ4v) is 4.48. The summed E-state index contributed by atoms with van der Waals surface area (Å²) in [5.74, 6) is 1.58. The highest BCUT2D eigenvalue weighted by atomic mass is 32.1. The zero-order chi connectivity index (χ0) is 19.6. The van der Waals surface area contributed by atoms with Crippen molar-refractivity contribution in [3.8, 4) is 16.3 Å². The topological polar surface area (TPSA) is 72.4 Å². The molecule has 3 aromatic heterocycles. The Bertz CT molecular complexity index is 968. The monoisotopic (exact) mass is 409 g/mol. The molecule has 7 nitrogen and oxygen atoms in total. The number of likely N-dealkylation sites (tertiary alicyclic amines) is 1. The van der Waals surface area contributed by atoms with E-state index in [2.05, 4.69) is 25.2 Å². The van der Waals surface area contributed by atoms with Crippen LogP contribution in [0.2, 0.25) is 0 Å². The lowest BCUT2D eigenvalue weighted by Gasteiger charge is -2.42. The lowest BCUT2D eigenvalue weighted by molar-refractivity contribution is -0.0113. The maximum Gasteiger partial charge on any atom is 0.188 e. The van der Waals surface area contributed by atoms with Crippen LogP contribution in [-0.4, -0.2) is 58.3 Å². The number of ether oxygens (including phenoxy) is 2. The van der Waals surface area contributed by atoms with Crippen molar-refractivity contribution >= 4 is 22.3 Å². The van der Waals surface area contributed by atoms with Gasteiger partial charge in [0.15, 0.2) is 5.13 Å². The van der Waals surface area contributed by atoms with Crippen molar-refractivity contribution in [3.63, 3.8) is 0 Å². The summed E-state index contributed by atoms with van der Waals surface area (Å²) in [6.45, 7) is 5.62. The molecule has 2 aliphatic rings. The van der Waals surface area contributed by atoms with Crippen molar-refractivity contribution in [2.24, 2.45) is 0 Å². The Labute approximate surface area is 173 Å². The molecule has 1 N–H and O–H groups in total. The molecule has 8 heteroatoms. The zero-order valence-corrected chi connectivity index (χ0v) is 17.1. The van der Waals surface area contributed by atoms with Crippen LogP contribution >= 0.6 is 11.3 Å². The van der Waals surface area contributed by atoms with Crippen LogP contribution in [-0.2, 0) is 4.74 Å². The standard InChI is InChI=1S/C21H23N5O2S/c1-14-8-16(28-17-11-26(12-17)15-5-7-27-13-15)9-20(24-14)25-21-23-10-19(29-21)18-4-2-3-6-22-18/h2-4,6,8-10,15,17H,5,7,11-13H2,1H3,(H,23,24,25). The predicted octanol–water partition coefficient (Wildman–Crippen LogP) is 3.50. The van der Waals surface area contributed by atoms with Gasteiger partial charge in [0, 0.05) is 56.0 Å². The van der Waals surface area contributed by atoms with E-state index in [0.29, 0.717) is 6.04 Å². The minimum Gasteiger partial charge on any atom is -0.488 e. The van der Waals surface area contributed by atoms with E-state index in [1.807, 2.05) is 43.5 Å². The minimum absolute atomic E-state index is 0.223. The molecule has 2 saturated heterocycles. The number of rotatable bonds is 6.